The van der Waals surface area contributed by atoms with E-state index in [2.05, 4.69) is 30.1 Å². The van der Waals surface area contributed by atoms with Gasteiger partial charge in [-0.05, 0) is 17.9 Å². The SMILES string of the molecule is CN(c1nc(CCl)cc2ccccc12)C1CCOC1. The van der Waals surface area contributed by atoms with Crippen LogP contribution in [-0.4, -0.2) is 31.3 Å². The molecule has 0 aliphatic carbocycles. The first-order chi connectivity index (χ1) is 9.29. The lowest BCUT2D eigenvalue weighted by molar-refractivity contribution is 0.193. The van der Waals surface area contributed by atoms with E-state index in [0.29, 0.717) is 11.9 Å². The molecule has 19 heavy (non-hydrogen) atoms. The molecular formula is C15H17ClN2O. The summed E-state index contributed by atoms with van der Waals surface area (Å²) in [5.74, 6) is 1.44. The van der Waals surface area contributed by atoms with Crippen molar-refractivity contribution in [1.82, 2.24) is 4.98 Å². The Balaban J connectivity index is 2.09. The van der Waals surface area contributed by atoms with E-state index in [1.54, 1.807) is 0 Å². The maximum atomic E-state index is 5.96. The zero-order chi connectivity index (χ0) is 13.2. The number of hydrogen-bond acceptors (Lipinski definition) is 3. The molecule has 0 N–H and O–H groups in total. The number of rotatable bonds is 3. The highest BCUT2D eigenvalue weighted by molar-refractivity contribution is 6.17. The van der Waals surface area contributed by atoms with Gasteiger partial charge in [0.15, 0.2) is 0 Å². The van der Waals surface area contributed by atoms with Gasteiger partial charge in [0.25, 0.3) is 0 Å². The van der Waals surface area contributed by atoms with Crippen LogP contribution in [0.4, 0.5) is 5.82 Å². The molecule has 1 aliphatic rings. The van der Waals surface area contributed by atoms with Crippen LogP contribution < -0.4 is 4.90 Å². The zero-order valence-electron chi connectivity index (χ0n) is 11.0. The lowest BCUT2D eigenvalue weighted by atomic mass is 10.1. The van der Waals surface area contributed by atoms with Crippen molar-refractivity contribution >= 4 is 28.2 Å². The molecule has 0 saturated carbocycles. The minimum Gasteiger partial charge on any atom is -0.379 e. The molecule has 2 heterocycles. The summed E-state index contributed by atoms with van der Waals surface area (Å²) in [7, 11) is 2.09. The van der Waals surface area contributed by atoms with Crippen LogP contribution in [0.5, 0.6) is 0 Å². The highest BCUT2D eigenvalue weighted by atomic mass is 35.5. The number of ether oxygens (including phenoxy) is 1. The molecule has 0 spiro atoms. The topological polar surface area (TPSA) is 25.4 Å². The lowest BCUT2D eigenvalue weighted by Crippen LogP contribution is -2.32. The first-order valence-electron chi connectivity index (χ1n) is 6.55. The Kier molecular flexibility index (Phi) is 3.58. The van der Waals surface area contributed by atoms with Gasteiger partial charge in [0.2, 0.25) is 0 Å². The highest BCUT2D eigenvalue weighted by Crippen LogP contribution is 2.28. The van der Waals surface area contributed by atoms with Gasteiger partial charge in [-0.3, -0.25) is 0 Å². The Bertz CT molecular complexity index is 581. The number of aromatic nitrogens is 1. The molecule has 1 aliphatic heterocycles. The van der Waals surface area contributed by atoms with Crippen molar-refractivity contribution in [2.45, 2.75) is 18.3 Å². The van der Waals surface area contributed by atoms with Gasteiger partial charge < -0.3 is 9.64 Å². The van der Waals surface area contributed by atoms with E-state index in [-0.39, 0.29) is 0 Å². The van der Waals surface area contributed by atoms with E-state index in [9.17, 15) is 0 Å². The summed E-state index contributed by atoms with van der Waals surface area (Å²) < 4.78 is 5.47. The number of pyridine rings is 1. The maximum Gasteiger partial charge on any atom is 0.136 e. The Morgan fingerprint density at radius 1 is 1.42 bits per heavy atom. The molecular weight excluding hydrogens is 260 g/mol. The zero-order valence-corrected chi connectivity index (χ0v) is 11.7. The van der Waals surface area contributed by atoms with Crippen molar-refractivity contribution in [1.29, 1.82) is 0 Å². The number of benzene rings is 1. The van der Waals surface area contributed by atoms with Gasteiger partial charge in [0.05, 0.1) is 24.2 Å². The molecule has 3 rings (SSSR count). The van der Waals surface area contributed by atoms with Crippen LogP contribution in [0.15, 0.2) is 30.3 Å². The van der Waals surface area contributed by atoms with Crippen molar-refractivity contribution in [3.8, 4) is 0 Å². The standard InChI is InChI=1S/C15H17ClN2O/c1-18(13-6-7-19-10-13)15-14-5-3-2-4-11(14)8-12(9-16)17-15/h2-5,8,13H,6-7,9-10H2,1H3. The number of alkyl halides is 1. The fraction of sp³-hybridized carbons (Fsp3) is 0.400. The maximum absolute atomic E-state index is 5.96. The first kappa shape index (κ1) is 12.7. The third kappa shape index (κ3) is 2.40. The second kappa shape index (κ2) is 5.35. The predicted octanol–water partition coefficient (Wildman–Crippen LogP) is 3.20. The second-order valence-corrected chi connectivity index (χ2v) is 5.19. The molecule has 0 amide bonds. The Labute approximate surface area is 118 Å². The van der Waals surface area contributed by atoms with Gasteiger partial charge in [0, 0.05) is 19.0 Å². The molecule has 1 saturated heterocycles. The Morgan fingerprint density at radius 2 is 2.26 bits per heavy atom. The van der Waals surface area contributed by atoms with Crippen LogP contribution in [0, 0.1) is 0 Å². The van der Waals surface area contributed by atoms with Gasteiger partial charge in [0.1, 0.15) is 5.82 Å². The van der Waals surface area contributed by atoms with Crippen LogP contribution in [-0.2, 0) is 10.6 Å². The summed E-state index contributed by atoms with van der Waals surface area (Å²) in [5.41, 5.74) is 0.918. The smallest absolute Gasteiger partial charge is 0.136 e. The normalized spacial score (nSPS) is 18.9. The summed E-state index contributed by atoms with van der Waals surface area (Å²) in [6.07, 6.45) is 1.05. The molecule has 2 aromatic rings. The van der Waals surface area contributed by atoms with E-state index >= 15 is 0 Å². The summed E-state index contributed by atoms with van der Waals surface area (Å²) in [6.45, 7) is 1.61. The third-order valence-electron chi connectivity index (χ3n) is 3.70. The third-order valence-corrected chi connectivity index (χ3v) is 3.97. The molecule has 1 unspecified atom stereocenters. The number of nitrogens with zero attached hydrogens (tertiary/aromatic N) is 2. The summed E-state index contributed by atoms with van der Waals surface area (Å²) in [5, 5.41) is 2.36. The van der Waals surface area contributed by atoms with E-state index in [4.69, 9.17) is 21.3 Å². The van der Waals surface area contributed by atoms with Crippen molar-refractivity contribution in [2.75, 3.05) is 25.2 Å². The lowest BCUT2D eigenvalue weighted by Gasteiger charge is -2.26. The summed E-state index contributed by atoms with van der Waals surface area (Å²) in [6, 6.07) is 10.8. The molecule has 4 heteroatoms. The minimum atomic E-state index is 0.404. The molecule has 1 aromatic heterocycles. The van der Waals surface area contributed by atoms with Crippen molar-refractivity contribution in [3.63, 3.8) is 0 Å². The Hall–Kier alpha value is -1.32. The summed E-state index contributed by atoms with van der Waals surface area (Å²) in [4.78, 5) is 6.93. The van der Waals surface area contributed by atoms with Crippen molar-refractivity contribution < 1.29 is 4.74 Å². The van der Waals surface area contributed by atoms with Gasteiger partial charge in [-0.2, -0.15) is 0 Å². The molecule has 0 radical (unpaired) electrons. The average Bonchev–Trinajstić information content (AvgIpc) is 2.99. The quantitative estimate of drug-likeness (QED) is 0.805. The Morgan fingerprint density at radius 3 is 3.00 bits per heavy atom. The highest BCUT2D eigenvalue weighted by Gasteiger charge is 2.23. The van der Waals surface area contributed by atoms with Gasteiger partial charge in [-0.25, -0.2) is 4.98 Å². The molecule has 1 atom stereocenters. The van der Waals surface area contributed by atoms with E-state index in [1.807, 2.05) is 12.1 Å². The number of fused-ring (bicyclic) bond motifs is 1. The van der Waals surface area contributed by atoms with E-state index in [1.165, 1.54) is 10.8 Å². The molecule has 1 aromatic carbocycles. The van der Waals surface area contributed by atoms with Crippen LogP contribution in [0.25, 0.3) is 10.8 Å². The van der Waals surface area contributed by atoms with Crippen LogP contribution >= 0.6 is 11.6 Å². The van der Waals surface area contributed by atoms with Crippen molar-refractivity contribution in [2.24, 2.45) is 0 Å². The molecule has 1 fully saturated rings. The fourth-order valence-corrected chi connectivity index (χ4v) is 2.71. The van der Waals surface area contributed by atoms with Crippen molar-refractivity contribution in [3.05, 3.63) is 36.0 Å². The number of hydrogen-bond donors (Lipinski definition) is 0. The number of likely N-dealkylation sites (N-methyl/N-ethyl adjacent to an activating group) is 1. The van der Waals surface area contributed by atoms with Gasteiger partial charge in [-0.1, -0.05) is 24.3 Å². The molecule has 3 nitrogen and oxygen atoms in total. The number of halogens is 1. The minimum absolute atomic E-state index is 0.404. The van der Waals surface area contributed by atoms with E-state index < -0.39 is 0 Å². The van der Waals surface area contributed by atoms with Gasteiger partial charge in [-0.15, -0.1) is 11.6 Å². The average molecular weight is 277 g/mol. The first-order valence-corrected chi connectivity index (χ1v) is 7.08. The number of anilines is 1. The fourth-order valence-electron chi connectivity index (χ4n) is 2.57. The second-order valence-electron chi connectivity index (χ2n) is 4.92. The monoisotopic (exact) mass is 276 g/mol. The van der Waals surface area contributed by atoms with Crippen LogP contribution in [0.1, 0.15) is 12.1 Å². The van der Waals surface area contributed by atoms with Crippen LogP contribution in [0.2, 0.25) is 0 Å². The van der Waals surface area contributed by atoms with Crippen LogP contribution in [0.3, 0.4) is 0 Å². The molecule has 100 valence electrons. The summed E-state index contributed by atoms with van der Waals surface area (Å²) >= 11 is 5.96. The van der Waals surface area contributed by atoms with E-state index in [0.717, 1.165) is 31.1 Å². The van der Waals surface area contributed by atoms with Gasteiger partial charge >= 0.3 is 0 Å². The molecule has 0 bridgehead atoms. The largest absolute Gasteiger partial charge is 0.379 e. The predicted molar refractivity (Wildman–Crippen MR) is 78.9 cm³/mol.